The second kappa shape index (κ2) is 59.4. The van der Waals surface area contributed by atoms with Gasteiger partial charge in [-0.1, -0.05) is 248 Å². The zero-order valence-corrected chi connectivity index (χ0v) is 47.0. The van der Waals surface area contributed by atoms with E-state index in [2.05, 4.69) is 93.7 Å². The van der Waals surface area contributed by atoms with Crippen molar-refractivity contribution in [2.75, 3.05) is 13.2 Å². The molecule has 410 valence electrons. The molecule has 0 amide bonds. The molecule has 0 aromatic carbocycles. The fraction of sp³-hybridized carbons (Fsp3) is 0.769. The van der Waals surface area contributed by atoms with Crippen LogP contribution in [0.15, 0.2) is 72.9 Å². The van der Waals surface area contributed by atoms with Crippen molar-refractivity contribution >= 4 is 17.9 Å². The first-order valence-electron chi connectivity index (χ1n) is 30.4. The Kier molecular flexibility index (Phi) is 56.8. The molecular weight excluding hydrogens is 877 g/mol. The van der Waals surface area contributed by atoms with E-state index in [-0.39, 0.29) is 31.1 Å². The number of hydrogen-bond donors (Lipinski definition) is 0. The quantitative estimate of drug-likeness (QED) is 0.0261. The average Bonchev–Trinajstić information content (AvgIpc) is 3.37. The van der Waals surface area contributed by atoms with Gasteiger partial charge in [0.15, 0.2) is 6.10 Å². The van der Waals surface area contributed by atoms with Gasteiger partial charge in [-0.2, -0.15) is 0 Å². The van der Waals surface area contributed by atoms with Gasteiger partial charge in [-0.15, -0.1) is 0 Å². The normalized spacial score (nSPS) is 12.5. The van der Waals surface area contributed by atoms with E-state index in [1.165, 1.54) is 161 Å². The molecule has 0 N–H and O–H groups in total. The molecule has 6 nitrogen and oxygen atoms in total. The zero-order chi connectivity index (χ0) is 51.4. The van der Waals surface area contributed by atoms with Gasteiger partial charge in [-0.05, 0) is 109 Å². The Labute approximate surface area is 440 Å². The molecule has 0 heterocycles. The molecular formula is C65H114O6. The van der Waals surface area contributed by atoms with E-state index in [0.717, 1.165) is 103 Å². The molecule has 0 bridgehead atoms. The summed E-state index contributed by atoms with van der Waals surface area (Å²) >= 11 is 0. The van der Waals surface area contributed by atoms with Crippen LogP contribution in [0.5, 0.6) is 0 Å². The van der Waals surface area contributed by atoms with Crippen molar-refractivity contribution in [2.45, 2.75) is 309 Å². The van der Waals surface area contributed by atoms with Crippen LogP contribution in [-0.4, -0.2) is 37.2 Å². The number of unbranched alkanes of at least 4 members (excludes halogenated alkanes) is 32. The van der Waals surface area contributed by atoms with Crippen molar-refractivity contribution in [1.29, 1.82) is 0 Å². The lowest BCUT2D eigenvalue weighted by molar-refractivity contribution is -0.167. The molecule has 0 saturated heterocycles. The summed E-state index contributed by atoms with van der Waals surface area (Å²) in [5.74, 6) is -0.899. The first kappa shape index (κ1) is 67.8. The summed E-state index contributed by atoms with van der Waals surface area (Å²) in [5, 5.41) is 0. The monoisotopic (exact) mass is 991 g/mol. The smallest absolute Gasteiger partial charge is 0.306 e. The van der Waals surface area contributed by atoms with Crippen molar-refractivity contribution in [1.82, 2.24) is 0 Å². The minimum Gasteiger partial charge on any atom is -0.462 e. The molecule has 0 aliphatic heterocycles. The van der Waals surface area contributed by atoms with Crippen molar-refractivity contribution in [3.05, 3.63) is 72.9 Å². The number of hydrogen-bond acceptors (Lipinski definition) is 6. The number of rotatable bonds is 55. The van der Waals surface area contributed by atoms with Gasteiger partial charge in [0, 0.05) is 19.3 Å². The third kappa shape index (κ3) is 57.6. The standard InChI is InChI=1S/C65H114O6/c1-4-7-10-13-16-19-22-25-28-30-31-32-33-35-37-40-43-46-49-52-55-58-64(67)70-61-62(60-69-63(66)57-54-51-48-45-42-39-36-27-24-21-18-15-12-9-6-3)71-65(68)59-56-53-50-47-44-41-38-34-29-26-23-20-17-14-11-8-5-2/h8,11,17-18,20-21,26-27,29-31,36,62H,4-7,9-10,12-16,19,22-25,28,32-35,37-61H2,1-3H3/b11-8-,20-17-,21-18-,29-26-,31-30-,36-27-. The first-order chi connectivity index (χ1) is 35.0. The molecule has 71 heavy (non-hydrogen) atoms. The molecule has 0 rings (SSSR count). The predicted molar refractivity (Wildman–Crippen MR) is 307 cm³/mol. The fourth-order valence-corrected chi connectivity index (χ4v) is 8.60. The first-order valence-corrected chi connectivity index (χ1v) is 30.4. The number of esters is 3. The predicted octanol–water partition coefficient (Wildman–Crippen LogP) is 20.5. The van der Waals surface area contributed by atoms with Crippen LogP contribution in [0.25, 0.3) is 0 Å². The van der Waals surface area contributed by atoms with Crippen molar-refractivity contribution < 1.29 is 28.6 Å². The summed E-state index contributed by atoms with van der Waals surface area (Å²) in [6.45, 7) is 6.51. The molecule has 0 saturated carbocycles. The van der Waals surface area contributed by atoms with Crippen LogP contribution < -0.4 is 0 Å². The molecule has 0 aromatic heterocycles. The van der Waals surface area contributed by atoms with Gasteiger partial charge in [0.1, 0.15) is 13.2 Å². The van der Waals surface area contributed by atoms with Gasteiger partial charge in [0.25, 0.3) is 0 Å². The lowest BCUT2D eigenvalue weighted by Gasteiger charge is -2.18. The Morgan fingerprint density at radius 1 is 0.296 bits per heavy atom. The second-order valence-electron chi connectivity index (χ2n) is 20.2. The number of ether oxygens (including phenoxy) is 3. The molecule has 0 fully saturated rings. The van der Waals surface area contributed by atoms with Crippen LogP contribution in [0.4, 0.5) is 0 Å². The van der Waals surface area contributed by atoms with Gasteiger partial charge in [-0.3, -0.25) is 14.4 Å². The summed E-state index contributed by atoms with van der Waals surface area (Å²) < 4.78 is 16.9. The van der Waals surface area contributed by atoms with E-state index < -0.39 is 6.10 Å². The average molecular weight is 992 g/mol. The third-order valence-electron chi connectivity index (χ3n) is 13.2. The van der Waals surface area contributed by atoms with E-state index in [1.807, 2.05) is 0 Å². The topological polar surface area (TPSA) is 78.9 Å². The highest BCUT2D eigenvalue weighted by Gasteiger charge is 2.19. The van der Waals surface area contributed by atoms with Crippen molar-refractivity contribution in [3.63, 3.8) is 0 Å². The van der Waals surface area contributed by atoms with Crippen LogP contribution in [0.1, 0.15) is 303 Å². The summed E-state index contributed by atoms with van der Waals surface area (Å²) in [6, 6.07) is 0. The lowest BCUT2D eigenvalue weighted by atomic mass is 10.1. The maximum atomic E-state index is 12.9. The number of allylic oxidation sites excluding steroid dienone is 12. The Morgan fingerprint density at radius 3 is 0.901 bits per heavy atom. The summed E-state index contributed by atoms with van der Waals surface area (Å²) in [6.07, 6.45) is 76.1. The highest BCUT2D eigenvalue weighted by Crippen LogP contribution is 2.16. The van der Waals surface area contributed by atoms with Gasteiger partial charge in [-0.25, -0.2) is 0 Å². The van der Waals surface area contributed by atoms with Crippen LogP contribution in [0, 0.1) is 0 Å². The highest BCUT2D eigenvalue weighted by molar-refractivity contribution is 5.71. The SMILES string of the molecule is CC/C=C\C/C=C\C/C=C\CCCCCCCCCC(=O)OC(COC(=O)CCCCCCC/C=C\C/C=C\CCCCC)COC(=O)CCCCCCCCCCC/C=C\CCCCCCCCCC. The third-order valence-corrected chi connectivity index (χ3v) is 13.2. The molecule has 0 spiro atoms. The largest absolute Gasteiger partial charge is 0.462 e. The number of carbonyl (C=O) groups is 3. The van der Waals surface area contributed by atoms with Gasteiger partial charge < -0.3 is 14.2 Å². The maximum Gasteiger partial charge on any atom is 0.306 e. The van der Waals surface area contributed by atoms with Crippen LogP contribution in [0.3, 0.4) is 0 Å². The number of carbonyl (C=O) groups excluding carboxylic acids is 3. The molecule has 0 aliphatic rings. The summed E-state index contributed by atoms with van der Waals surface area (Å²) in [7, 11) is 0. The Hall–Kier alpha value is -3.15. The van der Waals surface area contributed by atoms with Crippen LogP contribution in [-0.2, 0) is 28.6 Å². The maximum absolute atomic E-state index is 12.9. The van der Waals surface area contributed by atoms with Crippen molar-refractivity contribution in [2.24, 2.45) is 0 Å². The molecule has 0 aromatic rings. The Bertz CT molecular complexity index is 1320. The minimum atomic E-state index is -0.788. The fourth-order valence-electron chi connectivity index (χ4n) is 8.60. The van der Waals surface area contributed by atoms with Crippen LogP contribution in [0.2, 0.25) is 0 Å². The van der Waals surface area contributed by atoms with Gasteiger partial charge in [0.2, 0.25) is 0 Å². The molecule has 1 unspecified atom stereocenters. The molecule has 1 atom stereocenters. The van der Waals surface area contributed by atoms with Crippen LogP contribution >= 0.6 is 0 Å². The van der Waals surface area contributed by atoms with E-state index in [0.29, 0.717) is 19.3 Å². The minimum absolute atomic E-state index is 0.0842. The molecule has 0 radical (unpaired) electrons. The van der Waals surface area contributed by atoms with E-state index >= 15 is 0 Å². The van der Waals surface area contributed by atoms with E-state index in [4.69, 9.17) is 14.2 Å². The van der Waals surface area contributed by atoms with E-state index in [9.17, 15) is 14.4 Å². The zero-order valence-electron chi connectivity index (χ0n) is 47.0. The van der Waals surface area contributed by atoms with Gasteiger partial charge >= 0.3 is 17.9 Å². The Balaban J connectivity index is 4.37. The van der Waals surface area contributed by atoms with E-state index in [1.54, 1.807) is 0 Å². The van der Waals surface area contributed by atoms with Crippen molar-refractivity contribution in [3.8, 4) is 0 Å². The molecule has 6 heteroatoms. The van der Waals surface area contributed by atoms with Gasteiger partial charge in [0.05, 0.1) is 0 Å². The summed E-state index contributed by atoms with van der Waals surface area (Å²) in [5.41, 5.74) is 0. The highest BCUT2D eigenvalue weighted by atomic mass is 16.6. The summed E-state index contributed by atoms with van der Waals surface area (Å²) in [4.78, 5) is 38.2. The Morgan fingerprint density at radius 2 is 0.549 bits per heavy atom. The second-order valence-corrected chi connectivity index (χ2v) is 20.2. The molecule has 0 aliphatic carbocycles. The lowest BCUT2D eigenvalue weighted by Crippen LogP contribution is -2.30.